The van der Waals surface area contributed by atoms with Gasteiger partial charge in [-0.2, -0.15) is 5.26 Å². The number of nitriles is 1. The molecule has 6 heteroatoms. The number of rotatable bonds is 4. The van der Waals surface area contributed by atoms with Crippen LogP contribution in [0.3, 0.4) is 0 Å². The van der Waals surface area contributed by atoms with Crippen LogP contribution in [0.5, 0.6) is 0 Å². The Morgan fingerprint density at radius 3 is 2.42 bits per heavy atom. The Morgan fingerprint density at radius 2 is 1.79 bits per heavy atom. The highest BCUT2D eigenvalue weighted by molar-refractivity contribution is 14.0. The number of nitrogens with one attached hydrogen (secondary N) is 2. The van der Waals surface area contributed by atoms with Crippen LogP contribution in [-0.4, -0.2) is 13.0 Å². The first-order chi connectivity index (χ1) is 11.1. The highest BCUT2D eigenvalue weighted by Crippen LogP contribution is 2.10. The van der Waals surface area contributed by atoms with Crippen molar-refractivity contribution in [1.29, 1.82) is 5.26 Å². The van der Waals surface area contributed by atoms with E-state index in [0.717, 1.165) is 0 Å². The molecule has 0 atom stereocenters. The topological polar surface area (TPSA) is 60.2 Å². The number of hydrogen-bond donors (Lipinski definition) is 2. The Balaban J connectivity index is 0.00000288. The van der Waals surface area contributed by atoms with Gasteiger partial charge in [-0.15, -0.1) is 24.0 Å². The molecule has 0 aromatic heterocycles. The van der Waals surface area contributed by atoms with Gasteiger partial charge in [0.05, 0.1) is 11.6 Å². The molecule has 24 heavy (non-hydrogen) atoms. The van der Waals surface area contributed by atoms with Crippen LogP contribution < -0.4 is 10.6 Å². The van der Waals surface area contributed by atoms with Gasteiger partial charge in [-0.1, -0.05) is 24.3 Å². The van der Waals surface area contributed by atoms with Gasteiger partial charge in [0.2, 0.25) is 0 Å². The lowest BCUT2D eigenvalue weighted by molar-refractivity contribution is 0.604. The summed E-state index contributed by atoms with van der Waals surface area (Å²) in [5.41, 5.74) is 3.24. The van der Waals surface area contributed by atoms with Crippen molar-refractivity contribution < 1.29 is 4.39 Å². The van der Waals surface area contributed by atoms with Gasteiger partial charge < -0.3 is 10.6 Å². The molecule has 0 fully saturated rings. The molecule has 0 unspecified atom stereocenters. The predicted octanol–water partition coefficient (Wildman–Crippen LogP) is 3.49. The standard InChI is InChI=1S/C18H19FN4.HI/c1-13-5-3-4-6-15(13)11-22-18(21-2)23-12-16-9-14(10-20)7-8-17(16)19;/h3-9H,11-12H2,1-2H3,(H2,21,22,23);1H. The summed E-state index contributed by atoms with van der Waals surface area (Å²) in [5.74, 6) is 0.237. The molecule has 0 aliphatic carbocycles. The first-order valence-corrected chi connectivity index (χ1v) is 7.31. The minimum Gasteiger partial charge on any atom is -0.352 e. The van der Waals surface area contributed by atoms with E-state index in [4.69, 9.17) is 5.26 Å². The molecule has 0 heterocycles. The van der Waals surface area contributed by atoms with E-state index in [-0.39, 0.29) is 36.3 Å². The third kappa shape index (κ3) is 5.49. The number of aryl methyl sites for hydroxylation is 1. The average molecular weight is 438 g/mol. The van der Waals surface area contributed by atoms with E-state index in [9.17, 15) is 4.39 Å². The second kappa shape index (κ2) is 9.88. The van der Waals surface area contributed by atoms with Crippen molar-refractivity contribution in [2.24, 2.45) is 4.99 Å². The first kappa shape index (κ1) is 19.9. The van der Waals surface area contributed by atoms with E-state index in [1.165, 1.54) is 29.3 Å². The normalized spacial score (nSPS) is 10.5. The van der Waals surface area contributed by atoms with Gasteiger partial charge >= 0.3 is 0 Å². The Bertz CT molecular complexity index is 753. The average Bonchev–Trinajstić information content (AvgIpc) is 2.57. The van der Waals surface area contributed by atoms with Crippen molar-refractivity contribution in [2.45, 2.75) is 20.0 Å². The quantitative estimate of drug-likeness (QED) is 0.437. The first-order valence-electron chi connectivity index (χ1n) is 7.31. The molecule has 0 spiro atoms. The van der Waals surface area contributed by atoms with Crippen LogP contribution in [0.4, 0.5) is 4.39 Å². The molecule has 0 bridgehead atoms. The molecule has 0 amide bonds. The number of benzene rings is 2. The van der Waals surface area contributed by atoms with Gasteiger partial charge in [-0.05, 0) is 36.2 Å². The zero-order valence-corrected chi connectivity index (χ0v) is 16.0. The smallest absolute Gasteiger partial charge is 0.191 e. The van der Waals surface area contributed by atoms with E-state index in [1.54, 1.807) is 7.05 Å². The number of hydrogen-bond acceptors (Lipinski definition) is 2. The van der Waals surface area contributed by atoms with Crippen molar-refractivity contribution in [3.8, 4) is 6.07 Å². The summed E-state index contributed by atoms with van der Waals surface area (Å²) in [7, 11) is 1.66. The number of guanidine groups is 1. The highest BCUT2D eigenvalue weighted by atomic mass is 127. The Kier molecular flexibility index (Phi) is 8.19. The fourth-order valence-corrected chi connectivity index (χ4v) is 2.17. The van der Waals surface area contributed by atoms with Crippen LogP contribution in [-0.2, 0) is 13.1 Å². The Morgan fingerprint density at radius 1 is 1.12 bits per heavy atom. The van der Waals surface area contributed by atoms with Gasteiger partial charge in [0.1, 0.15) is 5.82 Å². The van der Waals surface area contributed by atoms with Crippen LogP contribution in [0.25, 0.3) is 0 Å². The molecule has 0 radical (unpaired) electrons. The van der Waals surface area contributed by atoms with E-state index >= 15 is 0 Å². The van der Waals surface area contributed by atoms with E-state index < -0.39 is 0 Å². The second-order valence-electron chi connectivity index (χ2n) is 5.12. The molecule has 0 saturated heterocycles. The lowest BCUT2D eigenvalue weighted by atomic mass is 10.1. The maximum absolute atomic E-state index is 13.8. The van der Waals surface area contributed by atoms with Crippen molar-refractivity contribution in [3.63, 3.8) is 0 Å². The molecule has 0 saturated carbocycles. The molecule has 126 valence electrons. The van der Waals surface area contributed by atoms with Crippen molar-refractivity contribution in [2.75, 3.05) is 7.05 Å². The zero-order chi connectivity index (χ0) is 16.7. The molecule has 0 aliphatic rings. The number of aliphatic imine (C=N–C) groups is 1. The number of halogens is 2. The van der Waals surface area contributed by atoms with E-state index in [0.29, 0.717) is 23.6 Å². The molecular formula is C18H20FIN4. The minimum absolute atomic E-state index is 0. The lowest BCUT2D eigenvalue weighted by Gasteiger charge is -2.13. The Labute approximate surface area is 158 Å². The van der Waals surface area contributed by atoms with E-state index in [1.807, 2.05) is 24.3 Å². The minimum atomic E-state index is -0.342. The molecule has 0 aliphatic heterocycles. The molecule has 4 nitrogen and oxygen atoms in total. The van der Waals surface area contributed by atoms with Crippen LogP contribution in [0, 0.1) is 24.1 Å². The van der Waals surface area contributed by atoms with Gasteiger partial charge in [0, 0.05) is 25.7 Å². The van der Waals surface area contributed by atoms with E-state index in [2.05, 4.69) is 28.6 Å². The predicted molar refractivity (Wildman–Crippen MR) is 105 cm³/mol. The summed E-state index contributed by atoms with van der Waals surface area (Å²) in [6, 6.07) is 14.4. The molecule has 2 aromatic carbocycles. The Hall–Kier alpha value is -2.14. The fraction of sp³-hybridized carbons (Fsp3) is 0.222. The molecule has 2 aromatic rings. The maximum atomic E-state index is 13.8. The SMILES string of the molecule is CN=C(NCc1ccccc1C)NCc1cc(C#N)ccc1F.I. The second-order valence-corrected chi connectivity index (χ2v) is 5.12. The molecular weight excluding hydrogens is 418 g/mol. The lowest BCUT2D eigenvalue weighted by Crippen LogP contribution is -2.36. The van der Waals surface area contributed by atoms with Gasteiger partial charge in [0.15, 0.2) is 5.96 Å². The van der Waals surface area contributed by atoms with Crippen LogP contribution >= 0.6 is 24.0 Å². The summed E-state index contributed by atoms with van der Waals surface area (Å²) in [5, 5.41) is 15.1. The van der Waals surface area contributed by atoms with Crippen molar-refractivity contribution >= 4 is 29.9 Å². The maximum Gasteiger partial charge on any atom is 0.191 e. The van der Waals surface area contributed by atoms with Crippen LogP contribution in [0.15, 0.2) is 47.5 Å². The molecule has 2 N–H and O–H groups in total. The van der Waals surface area contributed by atoms with Crippen molar-refractivity contribution in [1.82, 2.24) is 10.6 Å². The summed E-state index contributed by atoms with van der Waals surface area (Å²) in [6.45, 7) is 2.94. The van der Waals surface area contributed by atoms with Crippen LogP contribution in [0.2, 0.25) is 0 Å². The van der Waals surface area contributed by atoms with Crippen LogP contribution in [0.1, 0.15) is 22.3 Å². The summed E-state index contributed by atoms with van der Waals surface area (Å²) in [4.78, 5) is 4.13. The van der Waals surface area contributed by atoms with Gasteiger partial charge in [-0.3, -0.25) is 4.99 Å². The van der Waals surface area contributed by atoms with Gasteiger partial charge in [0.25, 0.3) is 0 Å². The monoisotopic (exact) mass is 438 g/mol. The van der Waals surface area contributed by atoms with Gasteiger partial charge in [-0.25, -0.2) is 4.39 Å². The highest BCUT2D eigenvalue weighted by Gasteiger charge is 2.05. The zero-order valence-electron chi connectivity index (χ0n) is 13.6. The molecule has 2 rings (SSSR count). The summed E-state index contributed by atoms with van der Waals surface area (Å²) >= 11 is 0. The van der Waals surface area contributed by atoms with Crippen molar-refractivity contribution in [3.05, 3.63) is 70.5 Å². The largest absolute Gasteiger partial charge is 0.352 e. The number of nitrogens with zero attached hydrogens (tertiary/aromatic N) is 2. The third-order valence-electron chi connectivity index (χ3n) is 3.55. The fourth-order valence-electron chi connectivity index (χ4n) is 2.17. The summed E-state index contributed by atoms with van der Waals surface area (Å²) < 4.78 is 13.8. The third-order valence-corrected chi connectivity index (χ3v) is 3.55. The summed E-state index contributed by atoms with van der Waals surface area (Å²) in [6.07, 6.45) is 0.